The lowest BCUT2D eigenvalue weighted by Gasteiger charge is -2.20. The smallest absolute Gasteiger partial charge is 0.260 e. The molecule has 4 heteroatoms. The fourth-order valence-corrected chi connectivity index (χ4v) is 2.65. The lowest BCUT2D eigenvalue weighted by molar-refractivity contribution is -0.133. The molecule has 1 aliphatic rings. The van der Waals surface area contributed by atoms with Crippen LogP contribution in [-0.2, 0) is 4.79 Å². The van der Waals surface area contributed by atoms with Crippen molar-refractivity contribution in [3.63, 3.8) is 0 Å². The molecule has 1 heterocycles. The van der Waals surface area contributed by atoms with E-state index >= 15 is 0 Å². The number of ether oxygens (including phenoxy) is 1. The van der Waals surface area contributed by atoms with Gasteiger partial charge in [-0.2, -0.15) is 0 Å². The molecule has 0 saturated carbocycles. The molecule has 21 heavy (non-hydrogen) atoms. The van der Waals surface area contributed by atoms with Gasteiger partial charge in [0, 0.05) is 13.1 Å². The van der Waals surface area contributed by atoms with Gasteiger partial charge in [0.05, 0.1) is 6.10 Å². The van der Waals surface area contributed by atoms with E-state index < -0.39 is 6.10 Å². The number of rotatable bonds is 4. The van der Waals surface area contributed by atoms with E-state index in [2.05, 4.69) is 0 Å². The van der Waals surface area contributed by atoms with E-state index in [0.717, 1.165) is 37.1 Å². The first-order valence-electron chi connectivity index (χ1n) is 7.77. The topological polar surface area (TPSA) is 49.8 Å². The Morgan fingerprint density at radius 3 is 2.52 bits per heavy atom. The molecule has 1 N–H and O–H groups in total. The number of carbonyl (C=O) groups is 1. The van der Waals surface area contributed by atoms with E-state index in [-0.39, 0.29) is 12.5 Å². The minimum Gasteiger partial charge on any atom is -0.484 e. The third kappa shape index (κ3) is 4.46. The van der Waals surface area contributed by atoms with Gasteiger partial charge in [-0.15, -0.1) is 0 Å². The maximum absolute atomic E-state index is 12.2. The van der Waals surface area contributed by atoms with Gasteiger partial charge in [-0.05, 0) is 49.9 Å². The molecule has 0 spiro atoms. The molecule has 116 valence electrons. The molecule has 0 aliphatic carbocycles. The van der Waals surface area contributed by atoms with Crippen LogP contribution in [0, 0.1) is 6.92 Å². The van der Waals surface area contributed by atoms with Gasteiger partial charge in [-0.1, -0.05) is 18.9 Å². The lowest BCUT2D eigenvalue weighted by atomic mass is 10.1. The summed E-state index contributed by atoms with van der Waals surface area (Å²) in [5.41, 5.74) is 1.80. The first-order valence-corrected chi connectivity index (χ1v) is 7.77. The average Bonchev–Trinajstić information content (AvgIpc) is 2.74. The third-order valence-corrected chi connectivity index (χ3v) is 3.99. The first kappa shape index (κ1) is 15.8. The Morgan fingerprint density at radius 1 is 1.29 bits per heavy atom. The summed E-state index contributed by atoms with van der Waals surface area (Å²) in [5, 5.41) is 9.55. The molecule has 1 fully saturated rings. The second-order valence-electron chi connectivity index (χ2n) is 5.78. The number of aryl methyl sites for hydroxylation is 1. The molecule has 0 unspecified atom stereocenters. The van der Waals surface area contributed by atoms with Crippen molar-refractivity contribution in [3.05, 3.63) is 29.3 Å². The highest BCUT2D eigenvalue weighted by Gasteiger charge is 2.16. The maximum Gasteiger partial charge on any atom is 0.260 e. The van der Waals surface area contributed by atoms with E-state index in [1.807, 2.05) is 30.0 Å². The van der Waals surface area contributed by atoms with Gasteiger partial charge in [0.2, 0.25) is 0 Å². The van der Waals surface area contributed by atoms with Crippen molar-refractivity contribution >= 4 is 5.91 Å². The van der Waals surface area contributed by atoms with Gasteiger partial charge in [0.25, 0.3) is 5.91 Å². The van der Waals surface area contributed by atoms with Crippen molar-refractivity contribution in [3.8, 4) is 5.75 Å². The Balaban J connectivity index is 1.91. The molecule has 1 aliphatic heterocycles. The fourth-order valence-electron chi connectivity index (χ4n) is 2.65. The standard InChI is InChI=1S/C17H25NO3/c1-13-11-15(14(2)19)7-8-16(13)21-12-17(20)18-9-5-3-4-6-10-18/h7-8,11,14,19H,3-6,9-10,12H2,1-2H3/t14-/m1/s1. The molecule has 0 bridgehead atoms. The zero-order chi connectivity index (χ0) is 15.2. The summed E-state index contributed by atoms with van der Waals surface area (Å²) in [7, 11) is 0. The highest BCUT2D eigenvalue weighted by Crippen LogP contribution is 2.22. The second kappa shape index (κ2) is 7.46. The second-order valence-corrected chi connectivity index (χ2v) is 5.78. The van der Waals surface area contributed by atoms with Crippen molar-refractivity contribution in [2.24, 2.45) is 0 Å². The van der Waals surface area contributed by atoms with Gasteiger partial charge in [-0.25, -0.2) is 0 Å². The third-order valence-electron chi connectivity index (χ3n) is 3.99. The van der Waals surface area contributed by atoms with Crippen LogP contribution in [0.3, 0.4) is 0 Å². The van der Waals surface area contributed by atoms with Crippen LogP contribution in [0.4, 0.5) is 0 Å². The number of hydrogen-bond acceptors (Lipinski definition) is 3. The molecule has 2 rings (SSSR count). The number of benzene rings is 1. The number of aliphatic hydroxyl groups excluding tert-OH is 1. The minimum atomic E-state index is -0.489. The molecule has 1 aromatic carbocycles. The molecular formula is C17H25NO3. The van der Waals surface area contributed by atoms with Gasteiger partial charge >= 0.3 is 0 Å². The summed E-state index contributed by atoms with van der Waals surface area (Å²) >= 11 is 0. The van der Waals surface area contributed by atoms with Gasteiger partial charge in [-0.3, -0.25) is 4.79 Å². The minimum absolute atomic E-state index is 0.0657. The molecule has 1 aromatic rings. The van der Waals surface area contributed by atoms with Crippen LogP contribution in [0.5, 0.6) is 5.75 Å². The van der Waals surface area contributed by atoms with Crippen molar-refractivity contribution in [1.82, 2.24) is 4.90 Å². The highest BCUT2D eigenvalue weighted by molar-refractivity contribution is 5.77. The number of nitrogens with zero attached hydrogens (tertiary/aromatic N) is 1. The van der Waals surface area contributed by atoms with Gasteiger partial charge in [0.15, 0.2) is 6.61 Å². The number of carbonyl (C=O) groups excluding carboxylic acids is 1. The molecule has 0 aromatic heterocycles. The number of hydrogen-bond donors (Lipinski definition) is 1. The molecule has 4 nitrogen and oxygen atoms in total. The van der Waals surface area contributed by atoms with E-state index in [0.29, 0.717) is 5.75 Å². The summed E-state index contributed by atoms with van der Waals surface area (Å²) in [6, 6.07) is 5.56. The Morgan fingerprint density at radius 2 is 1.95 bits per heavy atom. The Bertz CT molecular complexity index is 477. The van der Waals surface area contributed by atoms with Crippen LogP contribution in [0.25, 0.3) is 0 Å². The van der Waals surface area contributed by atoms with Crippen LogP contribution >= 0.6 is 0 Å². The first-order chi connectivity index (χ1) is 10.1. The quantitative estimate of drug-likeness (QED) is 0.928. The van der Waals surface area contributed by atoms with E-state index in [4.69, 9.17) is 4.74 Å². The predicted octanol–water partition coefficient (Wildman–Crippen LogP) is 2.83. The highest BCUT2D eigenvalue weighted by atomic mass is 16.5. The van der Waals surface area contributed by atoms with E-state index in [1.165, 1.54) is 12.8 Å². The number of likely N-dealkylation sites (tertiary alicyclic amines) is 1. The number of aliphatic hydroxyl groups is 1. The van der Waals surface area contributed by atoms with Crippen molar-refractivity contribution in [2.75, 3.05) is 19.7 Å². The van der Waals surface area contributed by atoms with E-state index in [9.17, 15) is 9.90 Å². The van der Waals surface area contributed by atoms with Crippen molar-refractivity contribution in [1.29, 1.82) is 0 Å². The molecular weight excluding hydrogens is 266 g/mol. The van der Waals surface area contributed by atoms with Crippen molar-refractivity contribution in [2.45, 2.75) is 45.6 Å². The number of amides is 1. The summed E-state index contributed by atoms with van der Waals surface area (Å²) in [6.07, 6.45) is 4.12. The van der Waals surface area contributed by atoms with Crippen LogP contribution < -0.4 is 4.74 Å². The average molecular weight is 291 g/mol. The summed E-state index contributed by atoms with van der Waals surface area (Å²) in [6.45, 7) is 5.45. The van der Waals surface area contributed by atoms with Gasteiger partial charge in [0.1, 0.15) is 5.75 Å². The molecule has 1 amide bonds. The van der Waals surface area contributed by atoms with Crippen LogP contribution in [0.1, 0.15) is 49.8 Å². The summed E-state index contributed by atoms with van der Waals surface area (Å²) < 4.78 is 5.65. The van der Waals surface area contributed by atoms with Crippen LogP contribution in [0.2, 0.25) is 0 Å². The summed E-state index contributed by atoms with van der Waals surface area (Å²) in [5.74, 6) is 0.776. The molecule has 0 radical (unpaired) electrons. The normalized spacial score (nSPS) is 17.2. The molecule has 1 atom stereocenters. The van der Waals surface area contributed by atoms with E-state index in [1.54, 1.807) is 6.92 Å². The SMILES string of the molecule is Cc1cc([C@@H](C)O)ccc1OCC(=O)N1CCCCCC1. The largest absolute Gasteiger partial charge is 0.484 e. The molecule has 1 saturated heterocycles. The fraction of sp³-hybridized carbons (Fsp3) is 0.588. The Labute approximate surface area is 126 Å². The monoisotopic (exact) mass is 291 g/mol. The van der Waals surface area contributed by atoms with Crippen LogP contribution in [0.15, 0.2) is 18.2 Å². The zero-order valence-corrected chi connectivity index (χ0v) is 13.0. The Kier molecular flexibility index (Phi) is 5.62. The lowest BCUT2D eigenvalue weighted by Crippen LogP contribution is -2.35. The predicted molar refractivity (Wildman–Crippen MR) is 82.4 cm³/mol. The zero-order valence-electron chi connectivity index (χ0n) is 13.0. The van der Waals surface area contributed by atoms with Gasteiger partial charge < -0.3 is 14.7 Å². The van der Waals surface area contributed by atoms with Crippen molar-refractivity contribution < 1.29 is 14.6 Å². The maximum atomic E-state index is 12.2. The van der Waals surface area contributed by atoms with Crippen LogP contribution in [-0.4, -0.2) is 35.6 Å². The Hall–Kier alpha value is -1.55. The summed E-state index contributed by atoms with van der Waals surface area (Å²) in [4.78, 5) is 14.1.